The number of rotatable bonds is 4. The fourth-order valence-electron chi connectivity index (χ4n) is 1.39. The highest BCUT2D eigenvalue weighted by Crippen LogP contribution is 2.23. The van der Waals surface area contributed by atoms with Crippen molar-refractivity contribution in [1.29, 1.82) is 0 Å². The minimum absolute atomic E-state index is 0.275. The van der Waals surface area contributed by atoms with E-state index >= 15 is 0 Å². The molecule has 0 saturated carbocycles. The second-order valence-electron chi connectivity index (χ2n) is 3.54. The van der Waals surface area contributed by atoms with Crippen molar-refractivity contribution >= 4 is 17.4 Å². The summed E-state index contributed by atoms with van der Waals surface area (Å²) in [5.74, 6) is 1.74. The van der Waals surface area contributed by atoms with Crippen LogP contribution in [0.15, 0.2) is 30.3 Å². The molecule has 0 bridgehead atoms. The van der Waals surface area contributed by atoms with Crippen molar-refractivity contribution in [3.63, 3.8) is 0 Å². The predicted molar refractivity (Wildman–Crippen MR) is 68.7 cm³/mol. The van der Waals surface area contributed by atoms with Crippen molar-refractivity contribution in [1.82, 2.24) is 9.97 Å². The molecule has 2 N–H and O–H groups in total. The average Bonchev–Trinajstić information content (AvgIpc) is 2.28. The summed E-state index contributed by atoms with van der Waals surface area (Å²) in [6, 6.07) is 8.56. The van der Waals surface area contributed by atoms with Crippen molar-refractivity contribution < 1.29 is 9.47 Å². The number of benzene rings is 1. The molecule has 0 fully saturated rings. The topological polar surface area (TPSA) is 70.3 Å². The first kappa shape index (κ1) is 12.6. The summed E-state index contributed by atoms with van der Waals surface area (Å²) in [7, 11) is 1.56. The maximum absolute atomic E-state index is 5.87. The lowest BCUT2D eigenvalue weighted by atomic mass is 10.3. The largest absolute Gasteiger partial charge is 0.439 e. The van der Waals surface area contributed by atoms with Crippen LogP contribution < -0.4 is 10.5 Å². The molecular formula is C12H12ClN3O2. The zero-order chi connectivity index (χ0) is 13.0. The highest BCUT2D eigenvalue weighted by atomic mass is 35.5. The number of aromatic nitrogens is 2. The van der Waals surface area contributed by atoms with E-state index in [2.05, 4.69) is 9.97 Å². The molecular weight excluding hydrogens is 254 g/mol. The quantitative estimate of drug-likeness (QED) is 0.920. The predicted octanol–water partition coefficient (Wildman–Crippen LogP) is 2.65. The molecule has 94 valence electrons. The molecule has 2 rings (SSSR count). The number of methoxy groups -OCH3 is 1. The first-order valence-corrected chi connectivity index (χ1v) is 5.61. The van der Waals surface area contributed by atoms with Crippen molar-refractivity contribution in [2.24, 2.45) is 0 Å². The third-order valence-electron chi connectivity index (χ3n) is 2.06. The van der Waals surface area contributed by atoms with Crippen LogP contribution in [0, 0.1) is 0 Å². The Kier molecular flexibility index (Phi) is 3.96. The molecule has 1 heterocycles. The molecule has 0 unspecified atom stereocenters. The van der Waals surface area contributed by atoms with Crippen LogP contribution in [0.25, 0.3) is 0 Å². The molecule has 2 aromatic rings. The highest BCUT2D eigenvalue weighted by molar-refractivity contribution is 6.30. The van der Waals surface area contributed by atoms with Gasteiger partial charge in [-0.3, -0.25) is 0 Å². The van der Waals surface area contributed by atoms with Crippen LogP contribution in [-0.4, -0.2) is 17.1 Å². The third kappa shape index (κ3) is 3.32. The number of hydrogen-bond acceptors (Lipinski definition) is 5. The Morgan fingerprint density at radius 3 is 2.83 bits per heavy atom. The summed E-state index contributed by atoms with van der Waals surface area (Å²) in [5, 5.41) is 0.589. The first-order valence-electron chi connectivity index (χ1n) is 5.23. The van der Waals surface area contributed by atoms with Crippen LogP contribution in [0.3, 0.4) is 0 Å². The molecule has 1 aromatic heterocycles. The van der Waals surface area contributed by atoms with Gasteiger partial charge in [-0.2, -0.15) is 4.98 Å². The van der Waals surface area contributed by atoms with E-state index in [1.165, 1.54) is 0 Å². The van der Waals surface area contributed by atoms with Crippen LogP contribution >= 0.6 is 11.6 Å². The third-order valence-corrected chi connectivity index (χ3v) is 2.30. The molecule has 0 atom stereocenters. The fourth-order valence-corrected chi connectivity index (χ4v) is 1.57. The van der Waals surface area contributed by atoms with Crippen LogP contribution in [0.4, 0.5) is 5.82 Å². The SMILES string of the molecule is COCc1nc(N)cc(Oc2cccc(Cl)c2)n1. The maximum atomic E-state index is 5.87. The normalized spacial score (nSPS) is 10.3. The standard InChI is InChI=1S/C12H12ClN3O2/c1-17-7-11-15-10(14)6-12(16-11)18-9-4-2-3-8(13)5-9/h2-6H,7H2,1H3,(H2,14,15,16). The Balaban J connectivity index is 2.23. The molecule has 5 nitrogen and oxygen atoms in total. The van der Waals surface area contributed by atoms with Gasteiger partial charge in [0.2, 0.25) is 5.88 Å². The Labute approximate surface area is 110 Å². The van der Waals surface area contributed by atoms with Crippen LogP contribution in [0.5, 0.6) is 11.6 Å². The van der Waals surface area contributed by atoms with E-state index in [0.717, 1.165) is 0 Å². The molecule has 0 spiro atoms. The summed E-state index contributed by atoms with van der Waals surface area (Å²) in [4.78, 5) is 8.19. The molecule has 0 aliphatic carbocycles. The van der Waals surface area contributed by atoms with E-state index in [0.29, 0.717) is 28.3 Å². The van der Waals surface area contributed by atoms with Crippen molar-refractivity contribution in [3.05, 3.63) is 41.2 Å². The fraction of sp³-hybridized carbons (Fsp3) is 0.167. The van der Waals surface area contributed by atoms with Gasteiger partial charge in [-0.05, 0) is 18.2 Å². The van der Waals surface area contributed by atoms with Gasteiger partial charge in [0.25, 0.3) is 0 Å². The molecule has 6 heteroatoms. The number of ether oxygens (including phenoxy) is 2. The van der Waals surface area contributed by atoms with Gasteiger partial charge in [0.05, 0.1) is 0 Å². The first-order chi connectivity index (χ1) is 8.67. The lowest BCUT2D eigenvalue weighted by Crippen LogP contribution is -2.02. The number of halogens is 1. The Morgan fingerprint density at radius 1 is 1.28 bits per heavy atom. The second-order valence-corrected chi connectivity index (χ2v) is 3.98. The zero-order valence-electron chi connectivity index (χ0n) is 9.76. The van der Waals surface area contributed by atoms with Gasteiger partial charge in [0, 0.05) is 18.2 Å². The van der Waals surface area contributed by atoms with E-state index in [4.69, 9.17) is 26.8 Å². The second kappa shape index (κ2) is 5.66. The van der Waals surface area contributed by atoms with E-state index in [-0.39, 0.29) is 6.61 Å². The molecule has 0 amide bonds. The van der Waals surface area contributed by atoms with Crippen LogP contribution in [0.1, 0.15) is 5.82 Å². The number of nitrogen functional groups attached to an aromatic ring is 1. The van der Waals surface area contributed by atoms with Gasteiger partial charge >= 0.3 is 0 Å². The molecule has 0 radical (unpaired) electrons. The lowest BCUT2D eigenvalue weighted by Gasteiger charge is -2.07. The maximum Gasteiger partial charge on any atom is 0.224 e. The molecule has 0 aliphatic rings. The van der Waals surface area contributed by atoms with Crippen LogP contribution in [0.2, 0.25) is 5.02 Å². The summed E-state index contributed by atoms with van der Waals surface area (Å²) < 4.78 is 10.5. The Bertz CT molecular complexity index is 549. The van der Waals surface area contributed by atoms with Gasteiger partial charge in [-0.15, -0.1) is 0 Å². The smallest absolute Gasteiger partial charge is 0.224 e. The van der Waals surface area contributed by atoms with Gasteiger partial charge < -0.3 is 15.2 Å². The summed E-state index contributed by atoms with van der Waals surface area (Å²) in [6.07, 6.45) is 0. The number of anilines is 1. The summed E-state index contributed by atoms with van der Waals surface area (Å²) in [6.45, 7) is 0.275. The van der Waals surface area contributed by atoms with E-state index in [9.17, 15) is 0 Å². The molecule has 1 aromatic carbocycles. The molecule has 0 saturated heterocycles. The van der Waals surface area contributed by atoms with Gasteiger partial charge in [-0.1, -0.05) is 17.7 Å². The highest BCUT2D eigenvalue weighted by Gasteiger charge is 2.05. The Hall–Kier alpha value is -1.85. The minimum atomic E-state index is 0.275. The zero-order valence-corrected chi connectivity index (χ0v) is 10.5. The van der Waals surface area contributed by atoms with E-state index in [1.807, 2.05) is 0 Å². The van der Waals surface area contributed by atoms with Gasteiger partial charge in [0.1, 0.15) is 18.2 Å². The number of hydrogen-bond donors (Lipinski definition) is 1. The van der Waals surface area contributed by atoms with E-state index in [1.54, 1.807) is 37.4 Å². The number of nitrogens with two attached hydrogens (primary N) is 1. The van der Waals surface area contributed by atoms with Crippen LogP contribution in [-0.2, 0) is 11.3 Å². The minimum Gasteiger partial charge on any atom is -0.439 e. The van der Waals surface area contributed by atoms with Gasteiger partial charge in [-0.25, -0.2) is 4.98 Å². The van der Waals surface area contributed by atoms with E-state index < -0.39 is 0 Å². The average molecular weight is 266 g/mol. The summed E-state index contributed by atoms with van der Waals surface area (Å²) in [5.41, 5.74) is 5.66. The van der Waals surface area contributed by atoms with Crippen molar-refractivity contribution in [3.8, 4) is 11.6 Å². The summed E-state index contributed by atoms with van der Waals surface area (Å²) >= 11 is 5.87. The lowest BCUT2D eigenvalue weighted by molar-refractivity contribution is 0.177. The monoisotopic (exact) mass is 265 g/mol. The van der Waals surface area contributed by atoms with Crippen molar-refractivity contribution in [2.75, 3.05) is 12.8 Å². The van der Waals surface area contributed by atoms with Crippen molar-refractivity contribution in [2.45, 2.75) is 6.61 Å². The Morgan fingerprint density at radius 2 is 2.11 bits per heavy atom. The molecule has 0 aliphatic heterocycles. The molecule has 18 heavy (non-hydrogen) atoms. The van der Waals surface area contributed by atoms with Gasteiger partial charge in [0.15, 0.2) is 5.82 Å². The number of nitrogens with zero attached hydrogens (tertiary/aromatic N) is 2.